The molecule has 0 aliphatic heterocycles. The van der Waals surface area contributed by atoms with Crippen molar-refractivity contribution in [2.24, 2.45) is 27.8 Å². The Bertz CT molecular complexity index is 338. The van der Waals surface area contributed by atoms with Gasteiger partial charge in [0.15, 0.2) is 0 Å². The summed E-state index contributed by atoms with van der Waals surface area (Å²) in [5.74, 6) is -0.508. The second kappa shape index (κ2) is 9.07. The molecular formula is C15H28F2N4. The molecule has 0 bridgehead atoms. The maximum atomic E-state index is 14.5. The standard InChI is InChI=1S/C15H28F2N4/c1-5-20-9-8-10(2)11-6-7-12(14(17)13(11)16)15(18-3)21-19-4/h5,10-15,18,21H,4,6-9H2,1-3H3/b20-5-/t10?,11-,12?,13?,14?,15?/m1/s1. The fraction of sp³-hybridized carbons (Fsp3) is 0.867. The highest BCUT2D eigenvalue weighted by atomic mass is 19.2. The number of hydrazone groups is 1. The van der Waals surface area contributed by atoms with Crippen molar-refractivity contribution in [3.8, 4) is 0 Å². The molecule has 1 aliphatic carbocycles. The molecule has 1 saturated carbocycles. The summed E-state index contributed by atoms with van der Waals surface area (Å²) in [4.78, 5) is 4.15. The molecule has 122 valence electrons. The van der Waals surface area contributed by atoms with Crippen LogP contribution in [0.5, 0.6) is 0 Å². The van der Waals surface area contributed by atoms with E-state index in [0.717, 1.165) is 6.42 Å². The largest absolute Gasteiger partial charge is 0.299 e. The molecule has 5 unspecified atom stereocenters. The lowest BCUT2D eigenvalue weighted by Crippen LogP contribution is -2.53. The van der Waals surface area contributed by atoms with Crippen molar-refractivity contribution in [3.05, 3.63) is 0 Å². The Morgan fingerprint density at radius 3 is 2.48 bits per heavy atom. The van der Waals surface area contributed by atoms with Crippen molar-refractivity contribution < 1.29 is 8.78 Å². The van der Waals surface area contributed by atoms with Gasteiger partial charge in [0, 0.05) is 19.2 Å². The first kappa shape index (κ1) is 18.0. The minimum absolute atomic E-state index is 0.140. The monoisotopic (exact) mass is 302 g/mol. The van der Waals surface area contributed by atoms with Gasteiger partial charge in [0.25, 0.3) is 0 Å². The Kier molecular flexibility index (Phi) is 7.78. The second-order valence-electron chi connectivity index (χ2n) is 5.78. The van der Waals surface area contributed by atoms with Crippen LogP contribution >= 0.6 is 0 Å². The van der Waals surface area contributed by atoms with Crippen molar-refractivity contribution >= 4 is 12.9 Å². The zero-order valence-corrected chi connectivity index (χ0v) is 13.2. The number of nitrogens with one attached hydrogen (secondary N) is 2. The summed E-state index contributed by atoms with van der Waals surface area (Å²) < 4.78 is 28.9. The van der Waals surface area contributed by atoms with E-state index in [4.69, 9.17) is 0 Å². The maximum absolute atomic E-state index is 14.5. The molecule has 1 fully saturated rings. The number of aliphatic imine (C=N–C) groups is 1. The van der Waals surface area contributed by atoms with E-state index in [1.165, 1.54) is 0 Å². The summed E-state index contributed by atoms with van der Waals surface area (Å²) in [6.45, 7) is 7.88. The van der Waals surface area contributed by atoms with Crippen LogP contribution in [0.25, 0.3) is 0 Å². The van der Waals surface area contributed by atoms with Gasteiger partial charge in [0.05, 0.1) is 6.17 Å². The van der Waals surface area contributed by atoms with Gasteiger partial charge in [-0.25, -0.2) is 8.78 Å². The molecule has 6 atom stereocenters. The average molecular weight is 302 g/mol. The minimum atomic E-state index is -1.48. The highest BCUT2D eigenvalue weighted by Gasteiger charge is 2.44. The lowest BCUT2D eigenvalue weighted by atomic mass is 9.72. The van der Waals surface area contributed by atoms with Crippen LogP contribution in [0.15, 0.2) is 10.1 Å². The molecule has 1 aliphatic rings. The third kappa shape index (κ3) is 4.73. The van der Waals surface area contributed by atoms with Gasteiger partial charge in [-0.1, -0.05) is 6.92 Å². The van der Waals surface area contributed by atoms with Crippen LogP contribution in [-0.4, -0.2) is 45.0 Å². The lowest BCUT2D eigenvalue weighted by Gasteiger charge is -2.40. The van der Waals surface area contributed by atoms with Gasteiger partial charge in [0.1, 0.15) is 12.3 Å². The van der Waals surface area contributed by atoms with Crippen LogP contribution in [0.2, 0.25) is 0 Å². The number of alkyl halides is 2. The molecule has 21 heavy (non-hydrogen) atoms. The van der Waals surface area contributed by atoms with Gasteiger partial charge in [-0.3, -0.25) is 15.7 Å². The van der Waals surface area contributed by atoms with Gasteiger partial charge >= 0.3 is 0 Å². The SMILES string of the molecule is C=NNC(NC)C1CC[C@H](C(C)CC/N=C\C)C(F)C1F. The Morgan fingerprint density at radius 2 is 1.90 bits per heavy atom. The first-order valence-corrected chi connectivity index (χ1v) is 7.67. The summed E-state index contributed by atoms with van der Waals surface area (Å²) in [5, 5.41) is 6.52. The van der Waals surface area contributed by atoms with E-state index < -0.39 is 18.3 Å². The fourth-order valence-electron chi connectivity index (χ4n) is 3.22. The zero-order chi connectivity index (χ0) is 15.8. The Balaban J connectivity index is 2.62. The van der Waals surface area contributed by atoms with E-state index in [1.54, 1.807) is 13.3 Å². The molecule has 0 heterocycles. The molecule has 4 nitrogen and oxygen atoms in total. The molecule has 0 aromatic rings. The Morgan fingerprint density at radius 1 is 1.29 bits per heavy atom. The topological polar surface area (TPSA) is 48.8 Å². The van der Waals surface area contributed by atoms with Gasteiger partial charge < -0.3 is 0 Å². The fourth-order valence-corrected chi connectivity index (χ4v) is 3.22. The van der Waals surface area contributed by atoms with Crippen molar-refractivity contribution in [2.75, 3.05) is 13.6 Å². The summed E-state index contributed by atoms with van der Waals surface area (Å²) in [6.07, 6.45) is 0.604. The Labute approximate surface area is 126 Å². The van der Waals surface area contributed by atoms with Crippen LogP contribution in [0.4, 0.5) is 8.78 Å². The normalized spacial score (nSPS) is 32.8. The van der Waals surface area contributed by atoms with Crippen LogP contribution in [0, 0.1) is 17.8 Å². The molecule has 0 radical (unpaired) electrons. The maximum Gasteiger partial charge on any atom is 0.138 e. The van der Waals surface area contributed by atoms with Crippen LogP contribution in [0.1, 0.15) is 33.1 Å². The second-order valence-corrected chi connectivity index (χ2v) is 5.78. The van der Waals surface area contributed by atoms with E-state index in [2.05, 4.69) is 27.6 Å². The third-order valence-corrected chi connectivity index (χ3v) is 4.55. The number of hydrogen-bond acceptors (Lipinski definition) is 4. The van der Waals surface area contributed by atoms with Crippen molar-refractivity contribution in [2.45, 2.75) is 51.6 Å². The molecule has 0 saturated heterocycles. The summed E-state index contributed by atoms with van der Waals surface area (Å²) >= 11 is 0. The van der Waals surface area contributed by atoms with Gasteiger partial charge in [0.2, 0.25) is 0 Å². The van der Waals surface area contributed by atoms with Crippen LogP contribution < -0.4 is 10.7 Å². The number of hydrogen-bond donors (Lipinski definition) is 2. The van der Waals surface area contributed by atoms with E-state index in [1.807, 2.05) is 13.8 Å². The van der Waals surface area contributed by atoms with E-state index >= 15 is 0 Å². The van der Waals surface area contributed by atoms with Crippen LogP contribution in [0.3, 0.4) is 0 Å². The van der Waals surface area contributed by atoms with Gasteiger partial charge in [-0.05, 0) is 51.3 Å². The molecule has 2 N–H and O–H groups in total. The molecule has 0 aromatic heterocycles. The zero-order valence-electron chi connectivity index (χ0n) is 13.2. The first-order valence-electron chi connectivity index (χ1n) is 7.67. The van der Waals surface area contributed by atoms with Crippen molar-refractivity contribution in [3.63, 3.8) is 0 Å². The summed E-state index contributed by atoms with van der Waals surface area (Å²) in [6, 6.07) is 0. The first-order chi connectivity index (χ1) is 10.1. The number of nitrogens with zero attached hydrogens (tertiary/aromatic N) is 2. The smallest absolute Gasteiger partial charge is 0.138 e. The van der Waals surface area contributed by atoms with E-state index in [0.29, 0.717) is 19.4 Å². The van der Waals surface area contributed by atoms with Gasteiger partial charge in [-0.2, -0.15) is 5.10 Å². The van der Waals surface area contributed by atoms with E-state index in [9.17, 15) is 8.78 Å². The number of halogens is 2. The highest BCUT2D eigenvalue weighted by molar-refractivity contribution is 5.53. The molecule has 0 spiro atoms. The lowest BCUT2D eigenvalue weighted by molar-refractivity contribution is -0.0147. The highest BCUT2D eigenvalue weighted by Crippen LogP contribution is 2.39. The van der Waals surface area contributed by atoms with Crippen molar-refractivity contribution in [1.82, 2.24) is 10.7 Å². The Hall–Kier alpha value is -1.04. The quantitative estimate of drug-likeness (QED) is 0.411. The van der Waals surface area contributed by atoms with Crippen molar-refractivity contribution in [1.29, 1.82) is 0 Å². The summed E-state index contributed by atoms with van der Waals surface area (Å²) in [5.41, 5.74) is 2.72. The molecular weight excluding hydrogens is 274 g/mol. The third-order valence-electron chi connectivity index (χ3n) is 4.55. The number of rotatable bonds is 8. The molecule has 6 heteroatoms. The minimum Gasteiger partial charge on any atom is -0.299 e. The van der Waals surface area contributed by atoms with Gasteiger partial charge in [-0.15, -0.1) is 0 Å². The average Bonchev–Trinajstić information content (AvgIpc) is 2.48. The molecule has 1 rings (SSSR count). The predicted molar refractivity (Wildman–Crippen MR) is 84.4 cm³/mol. The van der Waals surface area contributed by atoms with E-state index in [-0.39, 0.29) is 18.0 Å². The molecule has 0 amide bonds. The predicted octanol–water partition coefficient (Wildman–Crippen LogP) is 2.56. The summed E-state index contributed by atoms with van der Waals surface area (Å²) in [7, 11) is 1.71. The van der Waals surface area contributed by atoms with Crippen LogP contribution in [-0.2, 0) is 0 Å². The molecule has 0 aromatic carbocycles.